The van der Waals surface area contributed by atoms with E-state index in [4.69, 9.17) is 4.74 Å². The normalized spacial score (nSPS) is 12.7. The lowest BCUT2D eigenvalue weighted by atomic mass is 9.80. The molecule has 0 aliphatic heterocycles. The van der Waals surface area contributed by atoms with Gasteiger partial charge in [0.05, 0.1) is 5.69 Å². The zero-order chi connectivity index (χ0) is 28.8. The minimum atomic E-state index is -1.81. The van der Waals surface area contributed by atoms with Crippen LogP contribution < -0.4 is 5.32 Å². The summed E-state index contributed by atoms with van der Waals surface area (Å²) in [7, 11) is 0. The van der Waals surface area contributed by atoms with E-state index >= 15 is 0 Å². The number of nitrogens with one attached hydrogen (secondary N) is 1. The molecule has 0 atom stereocenters. The van der Waals surface area contributed by atoms with Gasteiger partial charge >= 0.3 is 18.3 Å². The van der Waals surface area contributed by atoms with Crippen LogP contribution in [-0.4, -0.2) is 67.2 Å². The second kappa shape index (κ2) is 12.2. The average Bonchev–Trinajstić information content (AvgIpc) is 3.14. The summed E-state index contributed by atoms with van der Waals surface area (Å²) < 4.78 is 6.20. The lowest BCUT2D eigenvalue weighted by Crippen LogP contribution is -2.44. The summed E-state index contributed by atoms with van der Waals surface area (Å²) in [4.78, 5) is 51.6. The number of aliphatic imine (C=N–C) groups is 1. The molecule has 1 aromatic rings. The van der Waals surface area contributed by atoms with Crippen molar-refractivity contribution >= 4 is 30.1 Å². The van der Waals surface area contributed by atoms with Crippen molar-refractivity contribution in [1.82, 2.24) is 20.0 Å². The third-order valence-corrected chi connectivity index (χ3v) is 4.98. The molecule has 0 aromatic carbocycles. The Hall–Kier alpha value is -3.44. The lowest BCUT2D eigenvalue weighted by molar-refractivity contribution is -0.117. The molecule has 0 aliphatic rings. The zero-order valence-electron chi connectivity index (χ0n) is 23.3. The molecule has 0 aliphatic carbocycles. The fourth-order valence-electron chi connectivity index (χ4n) is 3.29. The predicted molar refractivity (Wildman–Crippen MR) is 138 cm³/mol. The number of carboxylic acid groups (broad SMARTS) is 2. The smallest absolute Gasteiger partial charge is 0.424 e. The molecule has 12 heteroatoms. The molecule has 12 nitrogen and oxygen atoms in total. The lowest BCUT2D eigenvalue weighted by Gasteiger charge is -2.24. The SMILES string of the molecule is CC(C)(C)OC(=O)NCCCCCC(=O)N=C(N(C(=O)O)C(=O)O)n1cc(C(C)(C)C)c(C(C)(C)C)n1. The maximum atomic E-state index is 12.6. The van der Waals surface area contributed by atoms with Crippen molar-refractivity contribution in [2.24, 2.45) is 4.99 Å². The summed E-state index contributed by atoms with van der Waals surface area (Å²) in [6.45, 7) is 17.3. The van der Waals surface area contributed by atoms with Crippen LogP contribution in [0.3, 0.4) is 0 Å². The summed E-state index contributed by atoms with van der Waals surface area (Å²) in [6.07, 6.45) is -1.08. The number of nitrogens with zero attached hydrogens (tertiary/aromatic N) is 4. The third-order valence-electron chi connectivity index (χ3n) is 4.98. The average molecular weight is 524 g/mol. The third kappa shape index (κ3) is 10.2. The van der Waals surface area contributed by atoms with Crippen molar-refractivity contribution in [2.75, 3.05) is 6.54 Å². The fraction of sp³-hybridized carbons (Fsp3) is 0.680. The summed E-state index contributed by atoms with van der Waals surface area (Å²) in [5, 5.41) is 26.2. The first kappa shape index (κ1) is 31.6. The Morgan fingerprint density at radius 2 is 1.51 bits per heavy atom. The maximum absolute atomic E-state index is 12.6. The fourth-order valence-corrected chi connectivity index (χ4v) is 3.29. The van der Waals surface area contributed by atoms with Gasteiger partial charge in [0.2, 0.25) is 11.9 Å². The van der Waals surface area contributed by atoms with E-state index in [9.17, 15) is 29.4 Å². The van der Waals surface area contributed by atoms with Crippen molar-refractivity contribution < 1.29 is 34.1 Å². The van der Waals surface area contributed by atoms with Crippen LogP contribution in [-0.2, 0) is 20.4 Å². The van der Waals surface area contributed by atoms with Crippen molar-refractivity contribution in [3.63, 3.8) is 0 Å². The number of alkyl carbamates (subject to hydrolysis) is 1. The largest absolute Gasteiger partial charge is 0.464 e. The number of hydrogen-bond acceptors (Lipinski definition) is 6. The highest BCUT2D eigenvalue weighted by Gasteiger charge is 2.34. The molecule has 0 radical (unpaired) electrons. The van der Waals surface area contributed by atoms with Crippen LogP contribution in [0.15, 0.2) is 11.2 Å². The Morgan fingerprint density at radius 1 is 0.946 bits per heavy atom. The van der Waals surface area contributed by atoms with E-state index in [1.54, 1.807) is 20.8 Å². The molecule has 0 bridgehead atoms. The van der Waals surface area contributed by atoms with Gasteiger partial charge in [-0.05, 0) is 44.6 Å². The standard InChI is InChI=1S/C25H41N5O7/c1-23(2,3)16-15-29(28-18(16)24(4,5)6)19(30(21(33)34)22(35)36)27-17(31)13-11-10-12-14-26-20(32)37-25(7,8)9/h15H,10-14H2,1-9H3,(H,26,32)(H,33,34)(H,35,36). The van der Waals surface area contributed by atoms with Crippen molar-refractivity contribution in [1.29, 1.82) is 0 Å². The molecule has 1 rings (SSSR count). The number of aromatic nitrogens is 2. The molecule has 0 saturated heterocycles. The second-order valence-electron chi connectivity index (χ2n) is 11.8. The Balaban J connectivity index is 3.08. The monoisotopic (exact) mass is 523 g/mol. The maximum Gasteiger partial charge on any atom is 0.424 e. The number of rotatable bonds is 6. The van der Waals surface area contributed by atoms with E-state index in [-0.39, 0.29) is 16.7 Å². The highest BCUT2D eigenvalue weighted by atomic mass is 16.6. The van der Waals surface area contributed by atoms with Crippen molar-refractivity contribution in [3.05, 3.63) is 17.5 Å². The molecule has 3 N–H and O–H groups in total. The zero-order valence-corrected chi connectivity index (χ0v) is 23.3. The van der Waals surface area contributed by atoms with E-state index in [1.807, 2.05) is 41.5 Å². The first-order valence-corrected chi connectivity index (χ1v) is 12.2. The van der Waals surface area contributed by atoms with Gasteiger partial charge in [0.1, 0.15) is 5.60 Å². The van der Waals surface area contributed by atoms with Gasteiger partial charge < -0.3 is 20.3 Å². The van der Waals surface area contributed by atoms with E-state index in [0.29, 0.717) is 31.5 Å². The van der Waals surface area contributed by atoms with Gasteiger partial charge in [-0.3, -0.25) is 4.79 Å². The van der Waals surface area contributed by atoms with Crippen molar-refractivity contribution in [2.45, 2.75) is 104 Å². The summed E-state index contributed by atoms with van der Waals surface area (Å²) in [5.74, 6) is -1.31. The number of carbonyl (C=O) groups is 4. The van der Waals surface area contributed by atoms with Gasteiger partial charge in [0.15, 0.2) is 0 Å². The van der Waals surface area contributed by atoms with E-state index in [0.717, 1.165) is 10.2 Å². The minimum absolute atomic E-state index is 0.0193. The number of carbonyl (C=O) groups excluding carboxylic acids is 2. The van der Waals surface area contributed by atoms with Crippen LogP contribution in [0.4, 0.5) is 14.4 Å². The van der Waals surface area contributed by atoms with Gasteiger partial charge in [-0.25, -0.2) is 19.1 Å². The topological polar surface area (TPSA) is 163 Å². The predicted octanol–water partition coefficient (Wildman–Crippen LogP) is 4.95. The molecular formula is C25H41N5O7. The first-order valence-electron chi connectivity index (χ1n) is 12.2. The molecule has 0 fully saturated rings. The molecule has 1 aromatic heterocycles. The van der Waals surface area contributed by atoms with Gasteiger partial charge in [-0.1, -0.05) is 48.0 Å². The summed E-state index contributed by atoms with van der Waals surface area (Å²) in [6, 6.07) is 0. The molecule has 37 heavy (non-hydrogen) atoms. The first-order chi connectivity index (χ1) is 16.7. The highest BCUT2D eigenvalue weighted by Crippen LogP contribution is 2.33. The van der Waals surface area contributed by atoms with Crippen LogP contribution in [0.1, 0.15) is 99.3 Å². The minimum Gasteiger partial charge on any atom is -0.464 e. The molecule has 0 saturated carbocycles. The number of amides is 4. The number of imide groups is 1. The van der Waals surface area contributed by atoms with E-state index in [1.165, 1.54) is 6.20 Å². The molecular weight excluding hydrogens is 482 g/mol. The number of ether oxygens (including phenoxy) is 1. The van der Waals surface area contributed by atoms with Gasteiger partial charge in [0.25, 0.3) is 0 Å². The quantitative estimate of drug-likeness (QED) is 0.268. The van der Waals surface area contributed by atoms with Crippen LogP contribution in [0.5, 0.6) is 0 Å². The Kier molecular flexibility index (Phi) is 10.4. The van der Waals surface area contributed by atoms with Gasteiger partial charge in [-0.2, -0.15) is 10.1 Å². The Bertz CT molecular complexity index is 978. The van der Waals surface area contributed by atoms with Crippen LogP contribution in [0.2, 0.25) is 0 Å². The Morgan fingerprint density at radius 3 is 1.95 bits per heavy atom. The molecule has 4 amide bonds. The van der Waals surface area contributed by atoms with Crippen LogP contribution >= 0.6 is 0 Å². The summed E-state index contributed by atoms with van der Waals surface area (Å²) >= 11 is 0. The highest BCUT2D eigenvalue weighted by molar-refractivity contribution is 6.10. The van der Waals surface area contributed by atoms with Gasteiger partial charge in [-0.15, -0.1) is 4.90 Å². The summed E-state index contributed by atoms with van der Waals surface area (Å²) in [5.41, 5.74) is -0.0162. The molecule has 0 spiro atoms. The molecule has 1 heterocycles. The molecule has 0 unspecified atom stereocenters. The van der Waals surface area contributed by atoms with E-state index < -0.39 is 41.2 Å². The van der Waals surface area contributed by atoms with Crippen LogP contribution in [0.25, 0.3) is 0 Å². The van der Waals surface area contributed by atoms with Gasteiger partial charge in [0, 0.05) is 24.6 Å². The van der Waals surface area contributed by atoms with Crippen molar-refractivity contribution in [3.8, 4) is 0 Å². The second-order valence-corrected chi connectivity index (χ2v) is 11.8. The van der Waals surface area contributed by atoms with Crippen LogP contribution in [0, 0.1) is 0 Å². The number of unbranched alkanes of at least 4 members (excludes halogenated alkanes) is 2. The molecule has 208 valence electrons. The Labute approximate surface area is 218 Å². The number of hydrogen-bond donors (Lipinski definition) is 3. The van der Waals surface area contributed by atoms with E-state index in [2.05, 4.69) is 15.4 Å².